The van der Waals surface area contributed by atoms with Gasteiger partial charge < -0.3 is 14.0 Å². The molecule has 146 valence electrons. The number of benzene rings is 2. The number of hydrogen-bond acceptors (Lipinski definition) is 6. The number of methoxy groups -OCH3 is 2. The summed E-state index contributed by atoms with van der Waals surface area (Å²) in [6.07, 6.45) is 3.84. The SMILES string of the molecule is COc1cc2ncnc(-c3ccc4c(c3)CCC(NS(=O)[O-])C4)c2cc1OC. The summed E-state index contributed by atoms with van der Waals surface area (Å²) in [5, 5.41) is 0.886. The molecule has 28 heavy (non-hydrogen) atoms. The van der Waals surface area contributed by atoms with E-state index in [1.54, 1.807) is 20.5 Å². The smallest absolute Gasteiger partial charge is 0.162 e. The average Bonchev–Trinajstić information content (AvgIpc) is 2.71. The zero-order valence-corrected chi connectivity index (χ0v) is 16.4. The van der Waals surface area contributed by atoms with E-state index in [0.717, 1.165) is 40.6 Å². The summed E-state index contributed by atoms with van der Waals surface area (Å²) in [5.41, 5.74) is 4.99. The molecule has 1 aliphatic rings. The second kappa shape index (κ2) is 7.83. The number of aryl methyl sites for hydroxylation is 1. The van der Waals surface area contributed by atoms with E-state index in [1.807, 2.05) is 18.2 Å². The molecule has 0 amide bonds. The number of aromatic nitrogens is 2. The summed E-state index contributed by atoms with van der Waals surface area (Å²) >= 11 is -2.23. The quantitative estimate of drug-likeness (QED) is 0.664. The Morgan fingerprint density at radius 2 is 1.89 bits per heavy atom. The molecule has 7 nitrogen and oxygen atoms in total. The maximum Gasteiger partial charge on any atom is 0.162 e. The van der Waals surface area contributed by atoms with Gasteiger partial charge in [0.05, 0.1) is 25.4 Å². The monoisotopic (exact) mass is 398 g/mol. The Morgan fingerprint density at radius 1 is 1.11 bits per heavy atom. The Labute approximate surface area is 165 Å². The highest BCUT2D eigenvalue weighted by molar-refractivity contribution is 7.77. The van der Waals surface area contributed by atoms with Crippen LogP contribution in [0.5, 0.6) is 11.5 Å². The molecule has 0 aliphatic heterocycles. The van der Waals surface area contributed by atoms with Crippen molar-refractivity contribution in [3.8, 4) is 22.8 Å². The highest BCUT2D eigenvalue weighted by Gasteiger charge is 2.20. The molecule has 8 heteroatoms. The number of nitrogens with one attached hydrogen (secondary N) is 1. The van der Waals surface area contributed by atoms with Crippen molar-refractivity contribution in [1.82, 2.24) is 14.7 Å². The number of rotatable bonds is 5. The maximum atomic E-state index is 10.9. The van der Waals surface area contributed by atoms with Gasteiger partial charge >= 0.3 is 0 Å². The minimum atomic E-state index is -2.23. The molecule has 0 spiro atoms. The van der Waals surface area contributed by atoms with Crippen LogP contribution < -0.4 is 14.2 Å². The molecular weight excluding hydrogens is 378 g/mol. The summed E-state index contributed by atoms with van der Waals surface area (Å²) < 4.78 is 35.2. The number of hydrogen-bond donors (Lipinski definition) is 1. The molecule has 0 fully saturated rings. The van der Waals surface area contributed by atoms with Gasteiger partial charge in [-0.2, -0.15) is 0 Å². The first-order chi connectivity index (χ1) is 13.6. The molecule has 0 saturated carbocycles. The molecule has 1 heterocycles. The largest absolute Gasteiger partial charge is 0.760 e. The predicted octanol–water partition coefficient (Wildman–Crippen LogP) is 2.56. The first-order valence-corrected chi connectivity index (χ1v) is 10.0. The first-order valence-electron chi connectivity index (χ1n) is 8.93. The Hall–Kier alpha value is -2.55. The Morgan fingerprint density at radius 3 is 2.64 bits per heavy atom. The molecule has 2 unspecified atom stereocenters. The average molecular weight is 398 g/mol. The molecule has 2 aromatic carbocycles. The lowest BCUT2D eigenvalue weighted by Gasteiger charge is -2.26. The fraction of sp³-hybridized carbons (Fsp3) is 0.300. The molecule has 0 bridgehead atoms. The van der Waals surface area contributed by atoms with Crippen molar-refractivity contribution in [2.24, 2.45) is 0 Å². The molecule has 0 radical (unpaired) electrons. The number of nitrogens with zero attached hydrogens (tertiary/aromatic N) is 2. The van der Waals surface area contributed by atoms with Crippen LogP contribution in [-0.4, -0.2) is 39.0 Å². The van der Waals surface area contributed by atoms with E-state index in [2.05, 4.69) is 26.8 Å². The fourth-order valence-electron chi connectivity index (χ4n) is 3.75. The standard InChI is InChI=1S/C20H21N3O4S/c1-26-18-9-16-17(10-19(18)27-2)21-11-22-20(16)14-4-3-13-8-15(23-28(24)25)6-5-12(13)7-14/h3-4,7,9-11,15,23H,5-6,8H2,1-2H3,(H,24,25)/p-1. The van der Waals surface area contributed by atoms with E-state index in [1.165, 1.54) is 5.56 Å². The lowest BCUT2D eigenvalue weighted by Crippen LogP contribution is -2.35. The van der Waals surface area contributed by atoms with Gasteiger partial charge in [-0.05, 0) is 42.5 Å². The molecular formula is C20H20N3O4S-. The van der Waals surface area contributed by atoms with E-state index in [-0.39, 0.29) is 6.04 Å². The second-order valence-electron chi connectivity index (χ2n) is 6.72. The molecule has 1 aliphatic carbocycles. The molecule has 4 rings (SSSR count). The summed E-state index contributed by atoms with van der Waals surface area (Å²) in [6.45, 7) is 0. The molecule has 1 N–H and O–H groups in total. The van der Waals surface area contributed by atoms with E-state index < -0.39 is 11.3 Å². The lowest BCUT2D eigenvalue weighted by atomic mass is 9.87. The lowest BCUT2D eigenvalue weighted by molar-refractivity contribution is 0.356. The van der Waals surface area contributed by atoms with E-state index in [9.17, 15) is 8.76 Å². The normalized spacial score (nSPS) is 17.2. The third kappa shape index (κ3) is 3.58. The maximum absolute atomic E-state index is 10.9. The van der Waals surface area contributed by atoms with Crippen molar-refractivity contribution in [3.05, 3.63) is 47.8 Å². The molecule has 2 atom stereocenters. The molecule has 3 aromatic rings. The summed E-state index contributed by atoms with van der Waals surface area (Å²) in [4.78, 5) is 8.87. The molecule has 1 aromatic heterocycles. The summed E-state index contributed by atoms with van der Waals surface area (Å²) in [6, 6.07) is 9.91. The van der Waals surface area contributed by atoms with Crippen molar-refractivity contribution in [3.63, 3.8) is 0 Å². The summed E-state index contributed by atoms with van der Waals surface area (Å²) in [7, 11) is 3.20. The first kappa shape index (κ1) is 18.8. The van der Waals surface area contributed by atoms with Crippen LogP contribution in [0.4, 0.5) is 0 Å². The van der Waals surface area contributed by atoms with Gasteiger partial charge in [0.2, 0.25) is 0 Å². The van der Waals surface area contributed by atoms with Crippen molar-refractivity contribution in [2.45, 2.75) is 25.3 Å². The van der Waals surface area contributed by atoms with E-state index in [4.69, 9.17) is 9.47 Å². The van der Waals surface area contributed by atoms with Gasteiger partial charge in [0.25, 0.3) is 0 Å². The van der Waals surface area contributed by atoms with Crippen molar-refractivity contribution in [1.29, 1.82) is 0 Å². The van der Waals surface area contributed by atoms with Crippen LogP contribution in [0, 0.1) is 0 Å². The van der Waals surface area contributed by atoms with Gasteiger partial charge in [0.1, 0.15) is 6.33 Å². The van der Waals surface area contributed by atoms with E-state index >= 15 is 0 Å². The predicted molar refractivity (Wildman–Crippen MR) is 106 cm³/mol. The highest BCUT2D eigenvalue weighted by Crippen LogP contribution is 2.36. The topological polar surface area (TPSA) is 96.4 Å². The zero-order valence-electron chi connectivity index (χ0n) is 15.6. The number of ether oxygens (including phenoxy) is 2. The minimum absolute atomic E-state index is 0.0479. The van der Waals surface area contributed by atoms with Crippen LogP contribution in [0.25, 0.3) is 22.2 Å². The van der Waals surface area contributed by atoms with Crippen LogP contribution in [0.15, 0.2) is 36.7 Å². The van der Waals surface area contributed by atoms with Crippen LogP contribution >= 0.6 is 0 Å². The fourth-order valence-corrected chi connectivity index (χ4v) is 4.23. The second-order valence-corrected chi connectivity index (χ2v) is 7.43. The molecule has 0 saturated heterocycles. The van der Waals surface area contributed by atoms with Gasteiger partial charge in [0, 0.05) is 34.3 Å². The van der Waals surface area contributed by atoms with Crippen molar-refractivity contribution >= 4 is 22.2 Å². The van der Waals surface area contributed by atoms with Gasteiger partial charge in [-0.25, -0.2) is 14.7 Å². The Kier molecular flexibility index (Phi) is 5.25. The van der Waals surface area contributed by atoms with E-state index in [0.29, 0.717) is 17.9 Å². The zero-order chi connectivity index (χ0) is 19.7. The third-order valence-electron chi connectivity index (χ3n) is 5.11. The highest BCUT2D eigenvalue weighted by atomic mass is 32.2. The van der Waals surface area contributed by atoms with Crippen LogP contribution in [0.3, 0.4) is 0 Å². The summed E-state index contributed by atoms with van der Waals surface area (Å²) in [5.74, 6) is 1.25. The third-order valence-corrected chi connectivity index (χ3v) is 5.64. The van der Waals surface area contributed by atoms with Gasteiger partial charge in [-0.15, -0.1) is 0 Å². The van der Waals surface area contributed by atoms with Crippen LogP contribution in [-0.2, 0) is 24.1 Å². The van der Waals surface area contributed by atoms with Gasteiger partial charge in [0.15, 0.2) is 11.5 Å². The Bertz CT molecular complexity index is 1060. The van der Waals surface area contributed by atoms with Crippen LogP contribution in [0.1, 0.15) is 17.5 Å². The minimum Gasteiger partial charge on any atom is -0.760 e. The Balaban J connectivity index is 1.74. The van der Waals surface area contributed by atoms with Crippen molar-refractivity contribution in [2.75, 3.05) is 14.2 Å². The number of fused-ring (bicyclic) bond motifs is 2. The van der Waals surface area contributed by atoms with Crippen LogP contribution in [0.2, 0.25) is 0 Å². The van der Waals surface area contributed by atoms with Crippen molar-refractivity contribution < 1.29 is 18.2 Å². The van der Waals surface area contributed by atoms with Gasteiger partial charge in [-0.1, -0.05) is 12.1 Å². The van der Waals surface area contributed by atoms with Gasteiger partial charge in [-0.3, -0.25) is 4.21 Å².